The second-order valence-electron chi connectivity index (χ2n) is 6.58. The lowest BCUT2D eigenvalue weighted by atomic mass is 9.72. The number of alkyl halides is 2. The molecule has 4 heteroatoms. The molecule has 1 nitrogen and oxygen atoms in total. The van der Waals surface area contributed by atoms with Crippen molar-refractivity contribution in [3.8, 4) is 0 Å². The molecule has 19 heavy (non-hydrogen) atoms. The molecule has 0 spiro atoms. The van der Waals surface area contributed by atoms with Gasteiger partial charge in [0.1, 0.15) is 0 Å². The third kappa shape index (κ3) is 3.16. The molecule has 0 bridgehead atoms. The van der Waals surface area contributed by atoms with Crippen LogP contribution in [0.2, 0.25) is 0 Å². The fourth-order valence-electron chi connectivity index (χ4n) is 2.81. The van der Waals surface area contributed by atoms with Gasteiger partial charge in [0.05, 0.1) is 5.92 Å². The van der Waals surface area contributed by atoms with Gasteiger partial charge in [0, 0.05) is 16.3 Å². The van der Waals surface area contributed by atoms with Gasteiger partial charge in [-0.3, -0.25) is 0 Å². The van der Waals surface area contributed by atoms with E-state index in [-0.39, 0.29) is 12.0 Å². The van der Waals surface area contributed by atoms with Crippen molar-refractivity contribution in [2.24, 2.45) is 17.1 Å². The summed E-state index contributed by atoms with van der Waals surface area (Å²) < 4.78 is 25.9. The molecule has 0 radical (unpaired) electrons. The van der Waals surface area contributed by atoms with Crippen LogP contribution in [0, 0.1) is 11.3 Å². The van der Waals surface area contributed by atoms with Gasteiger partial charge in [-0.25, -0.2) is 8.78 Å². The highest BCUT2D eigenvalue weighted by Gasteiger charge is 2.31. The third-order valence-electron chi connectivity index (χ3n) is 4.25. The molecule has 2 atom stereocenters. The van der Waals surface area contributed by atoms with Gasteiger partial charge in [-0.1, -0.05) is 20.8 Å². The molecule has 0 amide bonds. The Balaban J connectivity index is 2.21. The Morgan fingerprint density at radius 1 is 1.42 bits per heavy atom. The van der Waals surface area contributed by atoms with Crippen LogP contribution >= 0.6 is 11.3 Å². The van der Waals surface area contributed by atoms with Gasteiger partial charge in [0.15, 0.2) is 0 Å². The molecule has 1 aromatic heterocycles. The lowest BCUT2D eigenvalue weighted by molar-refractivity contribution is 0.118. The van der Waals surface area contributed by atoms with Gasteiger partial charge in [0.25, 0.3) is 0 Å². The maximum Gasteiger partial charge on any atom is 0.247 e. The van der Waals surface area contributed by atoms with Crippen molar-refractivity contribution >= 4 is 11.3 Å². The first-order chi connectivity index (χ1) is 8.82. The quantitative estimate of drug-likeness (QED) is 0.885. The zero-order valence-corrected chi connectivity index (χ0v) is 12.7. The molecular weight excluding hydrogens is 264 g/mol. The zero-order chi connectivity index (χ0) is 14.2. The molecule has 1 heterocycles. The SMILES string of the molecule is CC(C)(C)C1CCc2sc(C(CN)C(F)F)cc2C1. The molecule has 0 aromatic carbocycles. The van der Waals surface area contributed by atoms with Crippen LogP contribution < -0.4 is 5.73 Å². The highest BCUT2D eigenvalue weighted by Crippen LogP contribution is 2.42. The molecule has 108 valence electrons. The predicted octanol–water partition coefficient (Wildman–Crippen LogP) is 4.21. The second kappa shape index (κ2) is 5.49. The number of halogens is 2. The van der Waals surface area contributed by atoms with E-state index < -0.39 is 12.3 Å². The fraction of sp³-hybridized carbons (Fsp3) is 0.733. The van der Waals surface area contributed by atoms with E-state index in [0.717, 1.165) is 17.7 Å². The van der Waals surface area contributed by atoms with Gasteiger partial charge < -0.3 is 5.73 Å². The summed E-state index contributed by atoms with van der Waals surface area (Å²) in [6, 6.07) is 1.99. The summed E-state index contributed by atoms with van der Waals surface area (Å²) in [5, 5.41) is 0. The van der Waals surface area contributed by atoms with E-state index in [1.165, 1.54) is 16.9 Å². The van der Waals surface area contributed by atoms with Crippen LogP contribution in [0.15, 0.2) is 6.07 Å². The third-order valence-corrected chi connectivity index (χ3v) is 5.62. The number of rotatable bonds is 3. The fourth-order valence-corrected chi connectivity index (χ4v) is 4.14. The number of nitrogens with two attached hydrogens (primary N) is 1. The molecule has 2 N–H and O–H groups in total. The Labute approximate surface area is 118 Å². The van der Waals surface area contributed by atoms with Crippen molar-refractivity contribution in [3.05, 3.63) is 21.4 Å². The summed E-state index contributed by atoms with van der Waals surface area (Å²) in [6.45, 7) is 6.81. The standard InChI is InChI=1S/C15H23F2NS/c1-15(2,3)10-4-5-12-9(6-10)7-13(19-12)11(8-18)14(16)17/h7,10-11,14H,4-6,8,18H2,1-3H3. The molecule has 2 rings (SSSR count). The lowest BCUT2D eigenvalue weighted by Crippen LogP contribution is -2.26. The molecule has 2 unspecified atom stereocenters. The second-order valence-corrected chi connectivity index (χ2v) is 7.75. The largest absolute Gasteiger partial charge is 0.330 e. The number of hydrogen-bond donors (Lipinski definition) is 1. The number of fused-ring (bicyclic) bond motifs is 1. The van der Waals surface area contributed by atoms with Crippen molar-refractivity contribution in [1.29, 1.82) is 0 Å². The maximum atomic E-state index is 12.9. The van der Waals surface area contributed by atoms with Crippen LogP contribution in [0.5, 0.6) is 0 Å². The van der Waals surface area contributed by atoms with Crippen molar-refractivity contribution in [2.45, 2.75) is 52.4 Å². The van der Waals surface area contributed by atoms with E-state index in [2.05, 4.69) is 20.8 Å². The van der Waals surface area contributed by atoms with Crippen LogP contribution in [-0.2, 0) is 12.8 Å². The maximum absolute atomic E-state index is 12.9. The summed E-state index contributed by atoms with van der Waals surface area (Å²) >= 11 is 1.55. The average molecular weight is 287 g/mol. The van der Waals surface area contributed by atoms with E-state index in [4.69, 9.17) is 5.73 Å². The normalized spacial score (nSPS) is 21.5. The number of aryl methyl sites for hydroxylation is 1. The number of thiophene rings is 1. The summed E-state index contributed by atoms with van der Waals surface area (Å²) in [7, 11) is 0. The predicted molar refractivity (Wildman–Crippen MR) is 77.1 cm³/mol. The molecule has 0 fully saturated rings. The van der Waals surface area contributed by atoms with Gasteiger partial charge in [-0.15, -0.1) is 11.3 Å². The minimum absolute atomic E-state index is 0.0275. The topological polar surface area (TPSA) is 26.0 Å². The van der Waals surface area contributed by atoms with Crippen LogP contribution in [-0.4, -0.2) is 13.0 Å². The first kappa shape index (κ1) is 14.9. The van der Waals surface area contributed by atoms with E-state index in [1.54, 1.807) is 11.3 Å². The van der Waals surface area contributed by atoms with Gasteiger partial charge in [-0.2, -0.15) is 0 Å². The van der Waals surface area contributed by atoms with Crippen molar-refractivity contribution in [1.82, 2.24) is 0 Å². The Kier molecular flexibility index (Phi) is 4.31. The van der Waals surface area contributed by atoms with E-state index in [9.17, 15) is 8.78 Å². The average Bonchev–Trinajstić information content (AvgIpc) is 2.70. The highest BCUT2D eigenvalue weighted by molar-refractivity contribution is 7.12. The Morgan fingerprint density at radius 3 is 2.63 bits per heavy atom. The summed E-state index contributed by atoms with van der Waals surface area (Å²) in [4.78, 5) is 2.08. The van der Waals surface area contributed by atoms with Gasteiger partial charge >= 0.3 is 0 Å². The summed E-state index contributed by atoms with van der Waals surface area (Å²) in [6.07, 6.45) is 0.861. The van der Waals surface area contributed by atoms with Crippen LogP contribution in [0.25, 0.3) is 0 Å². The van der Waals surface area contributed by atoms with Crippen molar-refractivity contribution < 1.29 is 8.78 Å². The Hall–Kier alpha value is -0.480. The molecule has 1 aliphatic carbocycles. The minimum Gasteiger partial charge on any atom is -0.330 e. The molecule has 1 aromatic rings. The minimum atomic E-state index is -2.36. The van der Waals surface area contributed by atoms with E-state index in [0.29, 0.717) is 5.92 Å². The summed E-state index contributed by atoms with van der Waals surface area (Å²) in [5.74, 6) is -0.144. The molecule has 0 aliphatic heterocycles. The molecular formula is C15H23F2NS. The van der Waals surface area contributed by atoms with Gasteiger partial charge in [-0.05, 0) is 42.2 Å². The zero-order valence-electron chi connectivity index (χ0n) is 11.9. The smallest absolute Gasteiger partial charge is 0.247 e. The molecule has 1 aliphatic rings. The first-order valence-electron chi connectivity index (χ1n) is 6.92. The summed E-state index contributed by atoms with van der Waals surface area (Å²) in [5.41, 5.74) is 7.06. The van der Waals surface area contributed by atoms with Crippen molar-refractivity contribution in [2.75, 3.05) is 6.54 Å². The number of hydrogen-bond acceptors (Lipinski definition) is 2. The monoisotopic (exact) mass is 287 g/mol. The van der Waals surface area contributed by atoms with E-state index >= 15 is 0 Å². The Bertz CT molecular complexity index is 434. The van der Waals surface area contributed by atoms with E-state index in [1.807, 2.05) is 6.07 Å². The van der Waals surface area contributed by atoms with Crippen LogP contribution in [0.3, 0.4) is 0 Å². The Morgan fingerprint density at radius 2 is 2.11 bits per heavy atom. The molecule has 0 saturated carbocycles. The highest BCUT2D eigenvalue weighted by atomic mass is 32.1. The van der Waals surface area contributed by atoms with Gasteiger partial charge in [0.2, 0.25) is 6.43 Å². The van der Waals surface area contributed by atoms with Crippen molar-refractivity contribution in [3.63, 3.8) is 0 Å². The molecule has 0 saturated heterocycles. The first-order valence-corrected chi connectivity index (χ1v) is 7.74. The van der Waals surface area contributed by atoms with Crippen LogP contribution in [0.4, 0.5) is 8.78 Å². The van der Waals surface area contributed by atoms with Crippen LogP contribution in [0.1, 0.15) is 48.4 Å². The lowest BCUT2D eigenvalue weighted by Gasteiger charge is -2.33.